The Morgan fingerprint density at radius 2 is 1.86 bits per heavy atom. The zero-order valence-corrected chi connectivity index (χ0v) is 10.4. The molecule has 0 amide bonds. The highest BCUT2D eigenvalue weighted by atomic mass is 32.2. The van der Waals surface area contributed by atoms with Crippen molar-refractivity contribution >= 4 is 11.8 Å². The average Bonchev–Trinajstić information content (AvgIpc) is 2.06. The van der Waals surface area contributed by atoms with Crippen LogP contribution in [0, 0.1) is 6.92 Å². The first-order chi connectivity index (χ1) is 6.42. The van der Waals surface area contributed by atoms with E-state index >= 15 is 0 Å². The molecule has 0 fully saturated rings. The molecule has 0 spiro atoms. The second kappa shape index (κ2) is 4.26. The van der Waals surface area contributed by atoms with Gasteiger partial charge in [-0.1, -0.05) is 26.8 Å². The largest absolute Gasteiger partial charge is 0.496 e. The molecule has 0 aliphatic rings. The molecule has 0 bridgehead atoms. The summed E-state index contributed by atoms with van der Waals surface area (Å²) >= 11 is 1.84. The van der Waals surface area contributed by atoms with Crippen LogP contribution in [0.2, 0.25) is 0 Å². The third-order valence-corrected chi connectivity index (χ3v) is 2.90. The predicted molar refractivity (Wildman–Crippen MR) is 63.3 cm³/mol. The van der Waals surface area contributed by atoms with Crippen molar-refractivity contribution in [2.24, 2.45) is 0 Å². The van der Waals surface area contributed by atoms with Crippen LogP contribution in [0.1, 0.15) is 26.3 Å². The number of thioether (sulfide) groups is 1. The zero-order chi connectivity index (χ0) is 10.8. The fourth-order valence-corrected chi connectivity index (χ4v) is 2.23. The van der Waals surface area contributed by atoms with Gasteiger partial charge >= 0.3 is 0 Å². The maximum Gasteiger partial charge on any atom is 0.132 e. The summed E-state index contributed by atoms with van der Waals surface area (Å²) in [4.78, 5) is 1.21. The minimum Gasteiger partial charge on any atom is -0.496 e. The fraction of sp³-hybridized carbons (Fsp3) is 0.500. The summed E-state index contributed by atoms with van der Waals surface area (Å²) in [5, 5.41) is 0. The second-order valence-corrected chi connectivity index (χ2v) is 6.24. The van der Waals surface area contributed by atoms with Gasteiger partial charge in [-0.3, -0.25) is 0 Å². The first-order valence-corrected chi connectivity index (χ1v) is 5.58. The molecule has 78 valence electrons. The SMILES string of the molecule is COc1cc(C)ccc1SC(C)(C)C. The summed E-state index contributed by atoms with van der Waals surface area (Å²) in [7, 11) is 1.72. The van der Waals surface area contributed by atoms with E-state index in [-0.39, 0.29) is 4.75 Å². The van der Waals surface area contributed by atoms with Crippen molar-refractivity contribution in [3.63, 3.8) is 0 Å². The van der Waals surface area contributed by atoms with Crippen LogP contribution in [0.15, 0.2) is 23.1 Å². The quantitative estimate of drug-likeness (QED) is 0.685. The smallest absolute Gasteiger partial charge is 0.132 e. The van der Waals surface area contributed by atoms with Gasteiger partial charge in [0.05, 0.1) is 7.11 Å². The van der Waals surface area contributed by atoms with Gasteiger partial charge in [0.2, 0.25) is 0 Å². The van der Waals surface area contributed by atoms with Crippen molar-refractivity contribution < 1.29 is 4.74 Å². The summed E-state index contributed by atoms with van der Waals surface area (Å²) in [6.07, 6.45) is 0. The second-order valence-electron chi connectivity index (χ2n) is 4.37. The number of benzene rings is 1. The van der Waals surface area contributed by atoms with E-state index in [0.717, 1.165) is 5.75 Å². The molecule has 0 saturated carbocycles. The van der Waals surface area contributed by atoms with E-state index in [4.69, 9.17) is 4.74 Å². The van der Waals surface area contributed by atoms with Gasteiger partial charge in [-0.25, -0.2) is 0 Å². The minimum atomic E-state index is 0.225. The molecule has 1 aromatic carbocycles. The van der Waals surface area contributed by atoms with Crippen LogP contribution in [0.5, 0.6) is 5.75 Å². The molecule has 1 rings (SSSR count). The number of hydrogen-bond donors (Lipinski definition) is 0. The van der Waals surface area contributed by atoms with Crippen LogP contribution in [-0.2, 0) is 0 Å². The van der Waals surface area contributed by atoms with Crippen LogP contribution < -0.4 is 4.74 Å². The normalized spacial score (nSPS) is 11.5. The van der Waals surface area contributed by atoms with Crippen molar-refractivity contribution in [3.05, 3.63) is 23.8 Å². The number of aryl methyl sites for hydroxylation is 1. The number of hydrogen-bond acceptors (Lipinski definition) is 2. The third kappa shape index (κ3) is 3.26. The Morgan fingerprint density at radius 3 is 2.36 bits per heavy atom. The molecule has 0 N–H and O–H groups in total. The molecule has 0 aliphatic heterocycles. The highest BCUT2D eigenvalue weighted by molar-refractivity contribution is 8.00. The lowest BCUT2D eigenvalue weighted by Crippen LogP contribution is -2.07. The van der Waals surface area contributed by atoms with Crippen LogP contribution in [-0.4, -0.2) is 11.9 Å². The molecule has 0 radical (unpaired) electrons. The number of methoxy groups -OCH3 is 1. The Labute approximate surface area is 90.9 Å². The van der Waals surface area contributed by atoms with Gasteiger partial charge in [0.25, 0.3) is 0 Å². The summed E-state index contributed by atoms with van der Waals surface area (Å²) in [6.45, 7) is 8.69. The molecule has 0 aromatic heterocycles. The molecule has 2 heteroatoms. The fourth-order valence-electron chi connectivity index (χ4n) is 1.19. The predicted octanol–water partition coefficient (Wildman–Crippen LogP) is 3.89. The van der Waals surface area contributed by atoms with E-state index < -0.39 is 0 Å². The van der Waals surface area contributed by atoms with Crippen LogP contribution in [0.3, 0.4) is 0 Å². The van der Waals surface area contributed by atoms with E-state index in [0.29, 0.717) is 0 Å². The molecule has 0 saturated heterocycles. The van der Waals surface area contributed by atoms with Gasteiger partial charge in [-0.15, -0.1) is 11.8 Å². The third-order valence-electron chi connectivity index (χ3n) is 1.74. The van der Waals surface area contributed by atoms with E-state index in [1.165, 1.54) is 10.5 Å². The lowest BCUT2D eigenvalue weighted by molar-refractivity contribution is 0.404. The van der Waals surface area contributed by atoms with Crippen LogP contribution in [0.25, 0.3) is 0 Å². The lowest BCUT2D eigenvalue weighted by atomic mass is 10.2. The van der Waals surface area contributed by atoms with Gasteiger partial charge in [-0.2, -0.15) is 0 Å². The maximum atomic E-state index is 5.35. The Morgan fingerprint density at radius 1 is 1.21 bits per heavy atom. The van der Waals surface area contributed by atoms with Crippen LogP contribution in [0.4, 0.5) is 0 Å². The summed E-state index contributed by atoms with van der Waals surface area (Å²) in [6, 6.07) is 6.33. The molecule has 1 nitrogen and oxygen atoms in total. The first kappa shape index (κ1) is 11.4. The summed E-state index contributed by atoms with van der Waals surface area (Å²) in [5.41, 5.74) is 1.24. The standard InChI is InChI=1S/C12H18OS/c1-9-6-7-11(10(8-9)13-5)14-12(2,3)4/h6-8H,1-5H3. The molecule has 0 heterocycles. The molecular formula is C12H18OS. The molecule has 14 heavy (non-hydrogen) atoms. The Kier molecular flexibility index (Phi) is 3.48. The monoisotopic (exact) mass is 210 g/mol. The maximum absolute atomic E-state index is 5.35. The van der Waals surface area contributed by atoms with Crippen molar-refractivity contribution in [3.8, 4) is 5.75 Å². The van der Waals surface area contributed by atoms with Gasteiger partial charge in [-0.05, 0) is 24.6 Å². The first-order valence-electron chi connectivity index (χ1n) is 4.76. The Bertz CT molecular complexity index is 313. The molecule has 0 aliphatic carbocycles. The van der Waals surface area contributed by atoms with Gasteiger partial charge < -0.3 is 4.74 Å². The minimum absolute atomic E-state index is 0.225. The van der Waals surface area contributed by atoms with Crippen molar-refractivity contribution in [1.82, 2.24) is 0 Å². The van der Waals surface area contributed by atoms with E-state index in [1.54, 1.807) is 7.11 Å². The molecule has 0 unspecified atom stereocenters. The van der Waals surface area contributed by atoms with E-state index in [2.05, 4.69) is 45.9 Å². The van der Waals surface area contributed by atoms with Crippen LogP contribution >= 0.6 is 11.8 Å². The topological polar surface area (TPSA) is 9.23 Å². The highest BCUT2D eigenvalue weighted by Crippen LogP contribution is 2.37. The Balaban J connectivity index is 2.97. The zero-order valence-electron chi connectivity index (χ0n) is 9.55. The van der Waals surface area contributed by atoms with Crippen molar-refractivity contribution in [2.45, 2.75) is 37.3 Å². The van der Waals surface area contributed by atoms with Crippen molar-refractivity contribution in [1.29, 1.82) is 0 Å². The van der Waals surface area contributed by atoms with Gasteiger partial charge in [0.1, 0.15) is 5.75 Å². The Hall–Kier alpha value is -0.630. The van der Waals surface area contributed by atoms with E-state index in [9.17, 15) is 0 Å². The number of ether oxygens (including phenoxy) is 1. The lowest BCUT2D eigenvalue weighted by Gasteiger charge is -2.19. The van der Waals surface area contributed by atoms with Gasteiger partial charge in [0.15, 0.2) is 0 Å². The van der Waals surface area contributed by atoms with E-state index in [1.807, 2.05) is 11.8 Å². The van der Waals surface area contributed by atoms with Crippen molar-refractivity contribution in [2.75, 3.05) is 7.11 Å². The molecular weight excluding hydrogens is 192 g/mol. The highest BCUT2D eigenvalue weighted by Gasteiger charge is 2.15. The number of rotatable bonds is 2. The summed E-state index contributed by atoms with van der Waals surface area (Å²) < 4.78 is 5.58. The molecule has 1 aromatic rings. The molecule has 0 atom stereocenters. The average molecular weight is 210 g/mol. The summed E-state index contributed by atoms with van der Waals surface area (Å²) in [5.74, 6) is 0.977. The van der Waals surface area contributed by atoms with Gasteiger partial charge in [0, 0.05) is 9.64 Å².